The van der Waals surface area contributed by atoms with Crippen LogP contribution < -0.4 is 10.2 Å². The van der Waals surface area contributed by atoms with E-state index in [1.807, 2.05) is 12.1 Å². The van der Waals surface area contributed by atoms with Gasteiger partial charge in [-0.2, -0.15) is 0 Å². The monoisotopic (exact) mass is 493 g/mol. The van der Waals surface area contributed by atoms with Crippen LogP contribution in [0.15, 0.2) is 47.4 Å². The molecule has 2 heterocycles. The number of sulfone groups is 1. The van der Waals surface area contributed by atoms with Gasteiger partial charge in [0.2, 0.25) is 0 Å². The topological polar surface area (TPSA) is 52.6 Å². The van der Waals surface area contributed by atoms with Gasteiger partial charge in [0.15, 0.2) is 9.84 Å². The molecule has 2 aromatic carbocycles. The average Bonchev–Trinajstić information content (AvgIpc) is 3.28. The van der Waals surface area contributed by atoms with E-state index >= 15 is 0 Å². The lowest BCUT2D eigenvalue weighted by Crippen LogP contribution is -2.50. The average molecular weight is 494 g/mol. The maximum Gasteiger partial charge on any atom is 0.175 e. The number of piperidine rings is 2. The van der Waals surface area contributed by atoms with Crippen LogP contribution in [0.5, 0.6) is 0 Å². The van der Waals surface area contributed by atoms with Gasteiger partial charge in [-0.1, -0.05) is 24.3 Å². The Balaban J connectivity index is 1.19. The van der Waals surface area contributed by atoms with E-state index in [1.165, 1.54) is 67.4 Å². The molecule has 0 radical (unpaired) electrons. The largest absolute Gasteiger partial charge is 0.371 e. The molecule has 3 aliphatic rings. The lowest BCUT2D eigenvalue weighted by atomic mass is 9.98. The van der Waals surface area contributed by atoms with Crippen LogP contribution in [0.25, 0.3) is 11.6 Å². The molecule has 6 heteroatoms. The second-order valence-corrected chi connectivity index (χ2v) is 12.9. The summed E-state index contributed by atoms with van der Waals surface area (Å²) < 4.78 is 23.9. The summed E-state index contributed by atoms with van der Waals surface area (Å²) in [6, 6.07) is 16.3. The first-order valence-electron chi connectivity index (χ1n) is 13.2. The molecule has 188 valence electrons. The van der Waals surface area contributed by atoms with Crippen molar-refractivity contribution in [2.45, 2.75) is 69.0 Å². The fraction of sp³-hybridized carbons (Fsp3) is 0.517. The summed E-state index contributed by atoms with van der Waals surface area (Å²) in [4.78, 5) is 5.51. The van der Waals surface area contributed by atoms with Crippen LogP contribution in [0.3, 0.4) is 0 Å². The quantitative estimate of drug-likeness (QED) is 0.637. The summed E-state index contributed by atoms with van der Waals surface area (Å²) in [6.45, 7) is 9.21. The van der Waals surface area contributed by atoms with Gasteiger partial charge in [0.05, 0.1) is 4.90 Å². The Morgan fingerprint density at radius 3 is 2.26 bits per heavy atom. The molecule has 2 saturated heterocycles. The van der Waals surface area contributed by atoms with Crippen molar-refractivity contribution in [3.8, 4) is 0 Å². The van der Waals surface area contributed by atoms with Crippen LogP contribution in [0.2, 0.25) is 0 Å². The Bertz CT molecular complexity index is 1190. The molecule has 35 heavy (non-hydrogen) atoms. The minimum absolute atomic E-state index is 0.393. The molecule has 0 saturated carbocycles. The summed E-state index contributed by atoms with van der Waals surface area (Å²) in [6.07, 6.45) is 9.20. The van der Waals surface area contributed by atoms with Crippen molar-refractivity contribution < 1.29 is 8.42 Å². The van der Waals surface area contributed by atoms with E-state index in [-0.39, 0.29) is 0 Å². The molecular formula is C29H39N3O2S. The van der Waals surface area contributed by atoms with E-state index in [4.69, 9.17) is 0 Å². The highest BCUT2D eigenvalue weighted by atomic mass is 32.2. The molecule has 2 aliphatic heterocycles. The summed E-state index contributed by atoms with van der Waals surface area (Å²) in [7, 11) is -3.19. The first kappa shape index (κ1) is 24.5. The standard InChI is InChI=1S/C29H39N3O2S/c1-21(2)31-13-9-26(10-14-31)30-27-11-15-32(16-12-27)28-6-4-5-22(19-28)24-17-23-7-8-29(35(3,33)34)20-25(23)18-24/h4-8,18-21,26-27,30H,9-17H2,1-3H3. The minimum Gasteiger partial charge on any atom is -0.371 e. The summed E-state index contributed by atoms with van der Waals surface area (Å²) in [5.74, 6) is 0. The molecule has 5 nitrogen and oxygen atoms in total. The van der Waals surface area contributed by atoms with E-state index in [1.54, 1.807) is 6.07 Å². The van der Waals surface area contributed by atoms with E-state index in [2.05, 4.69) is 59.3 Å². The normalized spacial score (nSPS) is 20.3. The number of allylic oxidation sites excluding steroid dienone is 1. The number of rotatable bonds is 6. The van der Waals surface area contributed by atoms with Gasteiger partial charge in [-0.05, 0) is 106 Å². The van der Waals surface area contributed by atoms with Gasteiger partial charge >= 0.3 is 0 Å². The third-order valence-corrected chi connectivity index (χ3v) is 9.17. The van der Waals surface area contributed by atoms with Crippen molar-refractivity contribution in [2.24, 2.45) is 0 Å². The molecule has 1 N–H and O–H groups in total. The van der Waals surface area contributed by atoms with Gasteiger partial charge in [0.1, 0.15) is 0 Å². The van der Waals surface area contributed by atoms with Crippen LogP contribution in [-0.2, 0) is 16.3 Å². The number of likely N-dealkylation sites (tertiary alicyclic amines) is 1. The van der Waals surface area contributed by atoms with E-state index < -0.39 is 9.84 Å². The molecule has 0 bridgehead atoms. The van der Waals surface area contributed by atoms with Gasteiger partial charge in [0, 0.05) is 43.2 Å². The second-order valence-electron chi connectivity index (χ2n) is 10.9. The van der Waals surface area contributed by atoms with E-state index in [9.17, 15) is 8.42 Å². The number of nitrogens with zero attached hydrogens (tertiary/aromatic N) is 2. The van der Waals surface area contributed by atoms with Gasteiger partial charge in [-0.25, -0.2) is 8.42 Å². The Hall–Kier alpha value is -2.15. The zero-order valence-electron chi connectivity index (χ0n) is 21.3. The zero-order valence-corrected chi connectivity index (χ0v) is 22.2. The third kappa shape index (κ3) is 5.65. The summed E-state index contributed by atoms with van der Waals surface area (Å²) >= 11 is 0. The molecule has 0 spiro atoms. The highest BCUT2D eigenvalue weighted by molar-refractivity contribution is 7.90. The molecule has 5 rings (SSSR count). The molecular weight excluding hydrogens is 454 g/mol. The molecule has 0 amide bonds. The van der Waals surface area contributed by atoms with Gasteiger partial charge in [0.25, 0.3) is 0 Å². The van der Waals surface area contributed by atoms with Crippen molar-refractivity contribution in [1.29, 1.82) is 0 Å². The van der Waals surface area contributed by atoms with Crippen molar-refractivity contribution in [2.75, 3.05) is 37.3 Å². The number of fused-ring (bicyclic) bond motifs is 1. The van der Waals surface area contributed by atoms with Crippen LogP contribution in [-0.4, -0.2) is 63.9 Å². The predicted molar refractivity (Wildman–Crippen MR) is 146 cm³/mol. The highest BCUT2D eigenvalue weighted by Crippen LogP contribution is 2.34. The molecule has 0 aromatic heterocycles. The maximum absolute atomic E-state index is 11.9. The van der Waals surface area contributed by atoms with Crippen molar-refractivity contribution >= 4 is 27.2 Å². The lowest BCUT2D eigenvalue weighted by molar-refractivity contribution is 0.154. The Labute approximate surface area is 211 Å². The van der Waals surface area contributed by atoms with Crippen LogP contribution in [0, 0.1) is 0 Å². The predicted octanol–water partition coefficient (Wildman–Crippen LogP) is 4.62. The first-order chi connectivity index (χ1) is 16.8. The van der Waals surface area contributed by atoms with Crippen LogP contribution in [0.4, 0.5) is 5.69 Å². The third-order valence-electron chi connectivity index (χ3n) is 8.06. The molecule has 0 unspecified atom stereocenters. The summed E-state index contributed by atoms with van der Waals surface area (Å²) in [5.41, 5.74) is 6.01. The number of hydrogen-bond acceptors (Lipinski definition) is 5. The fourth-order valence-corrected chi connectivity index (χ4v) is 6.51. The smallest absolute Gasteiger partial charge is 0.175 e. The molecule has 2 aromatic rings. The van der Waals surface area contributed by atoms with Crippen LogP contribution in [0.1, 0.15) is 56.2 Å². The number of benzene rings is 2. The minimum atomic E-state index is -3.19. The Morgan fingerprint density at radius 2 is 1.60 bits per heavy atom. The van der Waals surface area contributed by atoms with E-state index in [0.717, 1.165) is 25.1 Å². The Kier molecular flexibility index (Phi) is 7.06. The van der Waals surface area contributed by atoms with Gasteiger partial charge in [-0.15, -0.1) is 0 Å². The maximum atomic E-state index is 11.9. The second kappa shape index (κ2) is 10.1. The van der Waals surface area contributed by atoms with Crippen molar-refractivity contribution in [3.05, 3.63) is 59.2 Å². The zero-order chi connectivity index (χ0) is 24.6. The molecule has 2 fully saturated rings. The first-order valence-corrected chi connectivity index (χ1v) is 15.0. The molecule has 1 aliphatic carbocycles. The Morgan fingerprint density at radius 1 is 0.914 bits per heavy atom. The number of anilines is 1. The van der Waals surface area contributed by atoms with Crippen molar-refractivity contribution in [1.82, 2.24) is 10.2 Å². The lowest BCUT2D eigenvalue weighted by Gasteiger charge is -2.39. The van der Waals surface area contributed by atoms with Gasteiger partial charge in [-0.3, -0.25) is 0 Å². The summed E-state index contributed by atoms with van der Waals surface area (Å²) in [5, 5.41) is 3.97. The molecule has 0 atom stereocenters. The number of hydrogen-bond donors (Lipinski definition) is 1. The van der Waals surface area contributed by atoms with E-state index in [0.29, 0.717) is 23.0 Å². The van der Waals surface area contributed by atoms with Crippen LogP contribution >= 0.6 is 0 Å². The number of nitrogens with one attached hydrogen (secondary N) is 1. The highest BCUT2D eigenvalue weighted by Gasteiger charge is 2.26. The van der Waals surface area contributed by atoms with Gasteiger partial charge < -0.3 is 15.1 Å². The van der Waals surface area contributed by atoms with Crippen molar-refractivity contribution in [3.63, 3.8) is 0 Å². The fourth-order valence-electron chi connectivity index (χ4n) is 5.85. The SMILES string of the molecule is CC(C)N1CCC(NC2CCN(c3cccc(C4=Cc5cc(S(C)(=O)=O)ccc5C4)c3)CC2)CC1.